The summed E-state index contributed by atoms with van der Waals surface area (Å²) in [5.74, 6) is 2.54. The summed E-state index contributed by atoms with van der Waals surface area (Å²) in [4.78, 5) is 2.41. The highest BCUT2D eigenvalue weighted by Crippen LogP contribution is 2.61. The fraction of sp³-hybridized carbons (Fsp3) is 0.250. The summed E-state index contributed by atoms with van der Waals surface area (Å²) in [6, 6.07) is 37.6. The molecule has 1 atom stereocenters. The van der Waals surface area contributed by atoms with Gasteiger partial charge in [0.1, 0.15) is 17.2 Å². The Balaban J connectivity index is 1.29. The van der Waals surface area contributed by atoms with Gasteiger partial charge in [-0.2, -0.15) is 0 Å². The number of fused-ring (bicyclic) bond motifs is 11. The molecule has 0 N–H and O–H groups in total. The molecule has 0 spiro atoms. The number of morpholine rings is 1. The fourth-order valence-electron chi connectivity index (χ4n) is 9.66. The van der Waals surface area contributed by atoms with Gasteiger partial charge in [-0.15, -0.1) is 11.3 Å². The number of hydrogen-bond acceptors (Lipinski definition) is 6. The van der Waals surface area contributed by atoms with E-state index in [9.17, 15) is 0 Å². The van der Waals surface area contributed by atoms with E-state index in [1.807, 2.05) is 23.5 Å². The molecule has 0 amide bonds. The zero-order valence-corrected chi connectivity index (χ0v) is 32.0. The Bertz CT molecular complexity index is 2630. The van der Waals surface area contributed by atoms with Crippen molar-refractivity contribution in [2.24, 2.45) is 0 Å². The molecule has 10 rings (SSSR count). The molecule has 2 aliphatic heterocycles. The average molecular weight is 730 g/mol. The molecule has 6 aromatic carbocycles. The molecule has 1 saturated heterocycles. The van der Waals surface area contributed by atoms with Gasteiger partial charge in [-0.25, -0.2) is 0 Å². The monoisotopic (exact) mass is 729 g/mol. The Morgan fingerprint density at radius 3 is 2.24 bits per heavy atom. The van der Waals surface area contributed by atoms with Crippen LogP contribution in [0.2, 0.25) is 0 Å². The number of hydrogen-bond donors (Lipinski definition) is 0. The van der Waals surface area contributed by atoms with Crippen LogP contribution < -0.4 is 19.1 Å². The van der Waals surface area contributed by atoms with Crippen LogP contribution in [-0.2, 0) is 15.8 Å². The Morgan fingerprint density at radius 2 is 1.46 bits per heavy atom. The van der Waals surface area contributed by atoms with Gasteiger partial charge in [0.2, 0.25) is 0 Å². The number of benzene rings is 6. The summed E-state index contributed by atoms with van der Waals surface area (Å²) in [6.45, 7) is 7.72. The van der Waals surface area contributed by atoms with Gasteiger partial charge in [-0.1, -0.05) is 80.6 Å². The smallest absolute Gasteiger partial charge is 0.178 e. The molecule has 3 aliphatic rings. The van der Waals surface area contributed by atoms with E-state index in [0.717, 1.165) is 70.9 Å². The molecule has 1 unspecified atom stereocenters. The maximum atomic E-state index is 7.79. The third-order valence-corrected chi connectivity index (χ3v) is 13.6. The first-order chi connectivity index (χ1) is 26.5. The molecule has 6 heteroatoms. The van der Waals surface area contributed by atoms with E-state index in [1.54, 1.807) is 14.2 Å². The molecule has 0 bridgehead atoms. The van der Waals surface area contributed by atoms with E-state index in [-0.39, 0.29) is 5.41 Å². The highest BCUT2D eigenvalue weighted by Gasteiger charge is 2.47. The maximum absolute atomic E-state index is 7.79. The van der Waals surface area contributed by atoms with Crippen LogP contribution in [-0.4, -0.2) is 40.5 Å². The van der Waals surface area contributed by atoms with E-state index in [4.69, 9.17) is 18.9 Å². The molecule has 1 aliphatic carbocycles. The lowest BCUT2D eigenvalue weighted by atomic mass is 9.71. The lowest BCUT2D eigenvalue weighted by Gasteiger charge is -2.39. The van der Waals surface area contributed by atoms with Crippen molar-refractivity contribution >= 4 is 54.0 Å². The third kappa shape index (κ3) is 4.66. The second kappa shape index (κ2) is 12.6. The van der Waals surface area contributed by atoms with E-state index in [2.05, 4.69) is 122 Å². The van der Waals surface area contributed by atoms with Crippen molar-refractivity contribution in [2.45, 2.75) is 37.7 Å². The molecule has 1 aromatic heterocycles. The van der Waals surface area contributed by atoms with E-state index in [1.165, 1.54) is 47.8 Å². The van der Waals surface area contributed by atoms with Gasteiger partial charge in [-0.3, -0.25) is 0 Å². The molecule has 0 radical (unpaired) electrons. The lowest BCUT2D eigenvalue weighted by Crippen LogP contribution is -2.36. The second-order valence-electron chi connectivity index (χ2n) is 14.7. The largest absolute Gasteiger partial charge is 0.497 e. The van der Waals surface area contributed by atoms with Crippen LogP contribution in [0.5, 0.6) is 17.2 Å². The second-order valence-corrected chi connectivity index (χ2v) is 15.8. The van der Waals surface area contributed by atoms with Crippen molar-refractivity contribution in [3.05, 3.63) is 137 Å². The first kappa shape index (κ1) is 33.3. The van der Waals surface area contributed by atoms with E-state index in [0.29, 0.717) is 13.2 Å². The van der Waals surface area contributed by atoms with Crippen LogP contribution in [0.25, 0.3) is 48.1 Å². The molecule has 0 saturated carbocycles. The van der Waals surface area contributed by atoms with Crippen LogP contribution in [0.4, 0.5) is 5.69 Å². The molecule has 5 nitrogen and oxygen atoms in total. The van der Waals surface area contributed by atoms with Crippen molar-refractivity contribution < 1.29 is 18.9 Å². The molecular formula is C48H43NO4S. The average Bonchev–Trinajstić information content (AvgIpc) is 3.77. The maximum Gasteiger partial charge on any atom is 0.178 e. The summed E-state index contributed by atoms with van der Waals surface area (Å²) in [5, 5.41) is 4.76. The molecule has 54 heavy (non-hydrogen) atoms. The predicted octanol–water partition coefficient (Wildman–Crippen LogP) is 11.5. The van der Waals surface area contributed by atoms with Crippen molar-refractivity contribution in [2.75, 3.05) is 45.4 Å². The summed E-state index contributed by atoms with van der Waals surface area (Å²) in [7, 11) is 3.49. The minimum atomic E-state index is -0.916. The number of rotatable bonds is 7. The topological polar surface area (TPSA) is 40.2 Å². The Hall–Kier alpha value is -5.30. The molecular weight excluding hydrogens is 687 g/mol. The van der Waals surface area contributed by atoms with Gasteiger partial charge in [0.05, 0.1) is 33.1 Å². The number of anilines is 1. The minimum absolute atomic E-state index is 0.161. The minimum Gasteiger partial charge on any atom is -0.497 e. The van der Waals surface area contributed by atoms with E-state index >= 15 is 0 Å². The molecule has 3 heterocycles. The Kier molecular flexibility index (Phi) is 7.79. The van der Waals surface area contributed by atoms with Crippen molar-refractivity contribution in [3.8, 4) is 28.4 Å². The summed E-state index contributed by atoms with van der Waals surface area (Å²) < 4.78 is 28.0. The van der Waals surface area contributed by atoms with Crippen LogP contribution in [0.1, 0.15) is 54.5 Å². The highest BCUT2D eigenvalue weighted by molar-refractivity contribution is 7.25. The molecule has 7 aromatic rings. The zero-order chi connectivity index (χ0) is 36.6. The van der Waals surface area contributed by atoms with Crippen molar-refractivity contribution in [1.29, 1.82) is 0 Å². The van der Waals surface area contributed by atoms with E-state index < -0.39 is 5.60 Å². The highest BCUT2D eigenvalue weighted by atomic mass is 32.1. The number of ether oxygens (including phenoxy) is 4. The Labute approximate surface area is 320 Å². The predicted molar refractivity (Wildman–Crippen MR) is 223 cm³/mol. The summed E-state index contributed by atoms with van der Waals surface area (Å²) in [6.07, 6.45) is 6.64. The summed E-state index contributed by atoms with van der Waals surface area (Å²) >= 11 is 1.84. The summed E-state index contributed by atoms with van der Waals surface area (Å²) in [5.41, 5.74) is 8.70. The van der Waals surface area contributed by atoms with Gasteiger partial charge in [0.15, 0.2) is 5.60 Å². The Morgan fingerprint density at radius 1 is 0.722 bits per heavy atom. The number of nitrogens with zero attached hydrogens (tertiary/aromatic N) is 1. The van der Waals surface area contributed by atoms with Gasteiger partial charge >= 0.3 is 0 Å². The van der Waals surface area contributed by atoms with Gasteiger partial charge in [0.25, 0.3) is 0 Å². The van der Waals surface area contributed by atoms with Crippen LogP contribution in [0, 0.1) is 0 Å². The first-order valence-electron chi connectivity index (χ1n) is 19.1. The van der Waals surface area contributed by atoms with Crippen molar-refractivity contribution in [1.82, 2.24) is 0 Å². The third-order valence-electron chi connectivity index (χ3n) is 12.4. The van der Waals surface area contributed by atoms with Gasteiger partial charge in [-0.05, 0) is 89.0 Å². The normalized spacial score (nSPS) is 18.4. The first-order valence-corrected chi connectivity index (χ1v) is 19.9. The fourth-order valence-corrected chi connectivity index (χ4v) is 10.7. The standard InChI is InChI=1S/C48H43NO4S/c1-5-47(6-2)39-13-9-7-12-34(39)44-37-28-40(49-23-25-52-26-24-49)41(51-4)29-38(37)46-35(45(44)47)21-22-48(53-46,30-15-18-32(50-3)19-16-30)31-17-20-43-36(27-31)33-11-8-10-14-42(33)54-43/h7-22,27-29H,5-6,23-26H2,1-4H3. The SMILES string of the molecule is CCC1(CC)c2ccccc2-c2c1c1c(c3cc(OC)c(N4CCOCC4)cc23)OC(c2ccc(OC)cc2)(c2ccc3sc4ccccc4c3c2)C=C1. The quantitative estimate of drug-likeness (QED) is 0.163. The zero-order valence-electron chi connectivity index (χ0n) is 31.2. The van der Waals surface area contributed by atoms with Crippen LogP contribution in [0.15, 0.2) is 109 Å². The molecule has 270 valence electrons. The van der Waals surface area contributed by atoms with Crippen LogP contribution >= 0.6 is 11.3 Å². The number of thiophene rings is 1. The number of methoxy groups -OCH3 is 2. The van der Waals surface area contributed by atoms with Crippen LogP contribution in [0.3, 0.4) is 0 Å². The lowest BCUT2D eigenvalue weighted by molar-refractivity contribution is 0.122. The van der Waals surface area contributed by atoms with Gasteiger partial charge in [0, 0.05) is 60.8 Å². The van der Waals surface area contributed by atoms with Crippen molar-refractivity contribution in [3.63, 3.8) is 0 Å². The van der Waals surface area contributed by atoms with Gasteiger partial charge < -0.3 is 23.8 Å². The molecule has 1 fully saturated rings.